The smallest absolute Gasteiger partial charge is 0.120 e. The van der Waals surface area contributed by atoms with Gasteiger partial charge in [-0.05, 0) is 67.0 Å². The molecule has 1 aromatic heterocycles. The van der Waals surface area contributed by atoms with Crippen molar-refractivity contribution in [1.82, 2.24) is 4.98 Å². The third-order valence-corrected chi connectivity index (χ3v) is 5.71. The molecule has 3 nitrogen and oxygen atoms in total. The highest BCUT2D eigenvalue weighted by atomic mass is 32.2. The lowest BCUT2D eigenvalue weighted by atomic mass is 10.1. The zero-order valence-corrected chi connectivity index (χ0v) is 15.5. The fraction of sp³-hybridized carbons (Fsp3) is 0.200. The van der Waals surface area contributed by atoms with E-state index in [4.69, 9.17) is 4.98 Å². The highest BCUT2D eigenvalue weighted by Crippen LogP contribution is 2.31. The average Bonchev–Trinajstić information content (AvgIpc) is 3.05. The number of thiazole rings is 1. The fourth-order valence-electron chi connectivity index (χ4n) is 2.57. The Morgan fingerprint density at radius 2 is 1.92 bits per heavy atom. The van der Waals surface area contributed by atoms with E-state index in [0.29, 0.717) is 12.8 Å². The van der Waals surface area contributed by atoms with Crippen molar-refractivity contribution < 1.29 is 9.90 Å². The van der Waals surface area contributed by atoms with Crippen LogP contribution in [0, 0.1) is 0 Å². The van der Waals surface area contributed by atoms with Gasteiger partial charge in [0.2, 0.25) is 0 Å². The minimum atomic E-state index is -1.01. The SMILES string of the molecule is CSc1ccc(/C=C(\CCCC(=O)[O-])c2nc3ccccc3s2)cc1. The first-order valence-electron chi connectivity index (χ1n) is 8.06. The number of aromatic nitrogens is 1. The number of carboxylic acids is 1. The first-order valence-corrected chi connectivity index (χ1v) is 10.1. The van der Waals surface area contributed by atoms with E-state index < -0.39 is 5.97 Å². The maximum absolute atomic E-state index is 10.7. The van der Waals surface area contributed by atoms with Gasteiger partial charge in [-0.1, -0.05) is 24.3 Å². The van der Waals surface area contributed by atoms with Crippen LogP contribution in [0.25, 0.3) is 21.9 Å². The summed E-state index contributed by atoms with van der Waals surface area (Å²) < 4.78 is 1.14. The van der Waals surface area contributed by atoms with Crippen LogP contribution in [0.15, 0.2) is 53.4 Å². The van der Waals surface area contributed by atoms with Gasteiger partial charge in [-0.15, -0.1) is 23.1 Å². The third kappa shape index (κ3) is 4.71. The van der Waals surface area contributed by atoms with Crippen LogP contribution in [0.5, 0.6) is 0 Å². The molecule has 0 unspecified atom stereocenters. The molecule has 0 radical (unpaired) electrons. The molecule has 0 N–H and O–H groups in total. The molecular weight excluding hydrogens is 350 g/mol. The summed E-state index contributed by atoms with van der Waals surface area (Å²) in [5, 5.41) is 11.7. The van der Waals surface area contributed by atoms with E-state index in [9.17, 15) is 9.90 Å². The predicted molar refractivity (Wildman–Crippen MR) is 105 cm³/mol. The van der Waals surface area contributed by atoms with Gasteiger partial charge in [-0.2, -0.15) is 0 Å². The molecule has 0 aliphatic heterocycles. The van der Waals surface area contributed by atoms with E-state index in [0.717, 1.165) is 26.4 Å². The summed E-state index contributed by atoms with van der Waals surface area (Å²) in [5.41, 5.74) is 3.14. The summed E-state index contributed by atoms with van der Waals surface area (Å²) in [7, 11) is 0. The van der Waals surface area contributed by atoms with Gasteiger partial charge in [0.15, 0.2) is 0 Å². The third-order valence-electron chi connectivity index (χ3n) is 3.85. The number of para-hydroxylation sites is 1. The molecule has 0 bridgehead atoms. The molecular formula is C20H18NO2S2-. The molecule has 0 atom stereocenters. The second-order valence-electron chi connectivity index (χ2n) is 5.66. The normalized spacial score (nSPS) is 11.8. The molecule has 0 amide bonds. The molecule has 25 heavy (non-hydrogen) atoms. The number of fused-ring (bicyclic) bond motifs is 1. The number of carbonyl (C=O) groups excluding carboxylic acids is 1. The Balaban J connectivity index is 1.92. The first kappa shape index (κ1) is 17.7. The van der Waals surface area contributed by atoms with Crippen LogP contribution in [-0.4, -0.2) is 17.2 Å². The number of nitrogens with zero attached hydrogens (tertiary/aromatic N) is 1. The summed E-state index contributed by atoms with van der Waals surface area (Å²) in [6.45, 7) is 0. The van der Waals surface area contributed by atoms with Crippen molar-refractivity contribution in [2.75, 3.05) is 6.26 Å². The van der Waals surface area contributed by atoms with Crippen LogP contribution in [-0.2, 0) is 4.79 Å². The molecule has 0 aliphatic carbocycles. The Labute approximate surface area is 155 Å². The number of hydrogen-bond acceptors (Lipinski definition) is 5. The molecule has 128 valence electrons. The number of benzene rings is 2. The molecule has 0 saturated carbocycles. The van der Waals surface area contributed by atoms with Gasteiger partial charge in [-0.3, -0.25) is 0 Å². The Morgan fingerprint density at radius 1 is 1.16 bits per heavy atom. The van der Waals surface area contributed by atoms with Crippen LogP contribution in [0.2, 0.25) is 0 Å². The zero-order valence-electron chi connectivity index (χ0n) is 13.9. The number of carbonyl (C=O) groups is 1. The van der Waals surface area contributed by atoms with E-state index in [2.05, 4.69) is 42.7 Å². The monoisotopic (exact) mass is 368 g/mol. The predicted octanol–water partition coefficient (Wildman–Crippen LogP) is 4.48. The van der Waals surface area contributed by atoms with Crippen molar-refractivity contribution >= 4 is 50.9 Å². The van der Waals surface area contributed by atoms with Crippen LogP contribution in [0.3, 0.4) is 0 Å². The van der Waals surface area contributed by atoms with Crippen LogP contribution >= 0.6 is 23.1 Å². The van der Waals surface area contributed by atoms with Crippen LogP contribution in [0.4, 0.5) is 0 Å². The van der Waals surface area contributed by atoms with Crippen molar-refractivity contribution in [2.45, 2.75) is 24.2 Å². The number of carboxylic acid groups (broad SMARTS) is 1. The Kier molecular flexibility index (Phi) is 5.89. The number of thioether (sulfide) groups is 1. The number of aliphatic carboxylic acids is 1. The standard InChI is InChI=1S/C20H19NO2S2/c1-24-16-11-9-14(10-12-16)13-15(5-4-8-19(22)23)20-21-17-6-2-3-7-18(17)25-20/h2-3,6-7,9-13H,4-5,8H2,1H3,(H,22,23)/p-1/b15-13+. The van der Waals surface area contributed by atoms with Crippen molar-refractivity contribution in [2.24, 2.45) is 0 Å². The largest absolute Gasteiger partial charge is 0.550 e. The second-order valence-corrected chi connectivity index (χ2v) is 7.57. The van der Waals surface area contributed by atoms with Crippen LogP contribution < -0.4 is 5.11 Å². The summed E-state index contributed by atoms with van der Waals surface area (Å²) in [4.78, 5) is 16.7. The Morgan fingerprint density at radius 3 is 2.60 bits per heavy atom. The van der Waals surface area contributed by atoms with Gasteiger partial charge in [0.25, 0.3) is 0 Å². The summed E-state index contributed by atoms with van der Waals surface area (Å²) >= 11 is 3.35. The summed E-state index contributed by atoms with van der Waals surface area (Å²) in [6.07, 6.45) is 5.44. The highest BCUT2D eigenvalue weighted by molar-refractivity contribution is 7.98. The molecule has 3 aromatic rings. The minimum absolute atomic E-state index is 0.0631. The summed E-state index contributed by atoms with van der Waals surface area (Å²) in [6, 6.07) is 16.4. The lowest BCUT2D eigenvalue weighted by Gasteiger charge is -2.06. The number of rotatable bonds is 7. The van der Waals surface area contributed by atoms with Gasteiger partial charge in [0.05, 0.1) is 10.2 Å². The lowest BCUT2D eigenvalue weighted by molar-refractivity contribution is -0.305. The summed E-state index contributed by atoms with van der Waals surface area (Å²) in [5.74, 6) is -1.01. The molecule has 5 heteroatoms. The molecule has 0 fully saturated rings. The van der Waals surface area contributed by atoms with Crippen LogP contribution in [0.1, 0.15) is 29.8 Å². The van der Waals surface area contributed by atoms with Gasteiger partial charge < -0.3 is 9.90 Å². The topological polar surface area (TPSA) is 53.0 Å². The highest BCUT2D eigenvalue weighted by Gasteiger charge is 2.09. The van der Waals surface area contributed by atoms with E-state index in [1.165, 1.54) is 4.90 Å². The van der Waals surface area contributed by atoms with Gasteiger partial charge in [0, 0.05) is 10.9 Å². The van der Waals surface area contributed by atoms with Gasteiger partial charge in [0.1, 0.15) is 5.01 Å². The Hall–Kier alpha value is -2.11. The second kappa shape index (κ2) is 8.32. The molecule has 2 aromatic carbocycles. The van der Waals surface area contributed by atoms with Gasteiger partial charge in [-0.25, -0.2) is 4.98 Å². The fourth-order valence-corrected chi connectivity index (χ4v) is 3.99. The van der Waals surface area contributed by atoms with Crippen molar-refractivity contribution in [1.29, 1.82) is 0 Å². The van der Waals surface area contributed by atoms with E-state index in [-0.39, 0.29) is 6.42 Å². The van der Waals surface area contributed by atoms with E-state index in [1.807, 2.05) is 18.2 Å². The molecule has 0 spiro atoms. The number of hydrogen-bond donors (Lipinski definition) is 0. The first-order chi connectivity index (χ1) is 12.2. The average molecular weight is 369 g/mol. The van der Waals surface area contributed by atoms with E-state index in [1.54, 1.807) is 23.1 Å². The van der Waals surface area contributed by atoms with Crippen molar-refractivity contribution in [3.63, 3.8) is 0 Å². The molecule has 3 rings (SSSR count). The van der Waals surface area contributed by atoms with Crippen molar-refractivity contribution in [3.05, 3.63) is 59.1 Å². The Bertz CT molecular complexity index is 864. The molecule has 0 saturated heterocycles. The number of allylic oxidation sites excluding steroid dienone is 1. The lowest BCUT2D eigenvalue weighted by Crippen LogP contribution is -2.21. The van der Waals surface area contributed by atoms with E-state index >= 15 is 0 Å². The van der Waals surface area contributed by atoms with Gasteiger partial charge >= 0.3 is 0 Å². The molecule has 1 heterocycles. The van der Waals surface area contributed by atoms with Crippen molar-refractivity contribution in [3.8, 4) is 0 Å². The molecule has 0 aliphatic rings. The maximum Gasteiger partial charge on any atom is 0.120 e. The minimum Gasteiger partial charge on any atom is -0.550 e. The quantitative estimate of drug-likeness (QED) is 0.577. The zero-order chi connectivity index (χ0) is 17.6. The maximum atomic E-state index is 10.7.